The molecule has 0 bridgehead atoms. The minimum absolute atomic E-state index is 0.361. The molecular formula is C12H14NO2+. The molecule has 0 aliphatic rings. The first-order chi connectivity index (χ1) is 7.33. The van der Waals surface area contributed by atoms with Gasteiger partial charge in [-0.2, -0.15) is 0 Å². The van der Waals surface area contributed by atoms with Gasteiger partial charge < -0.3 is 4.74 Å². The van der Waals surface area contributed by atoms with E-state index in [-0.39, 0.29) is 0 Å². The van der Waals surface area contributed by atoms with Crippen LogP contribution in [0.5, 0.6) is 0 Å². The fraction of sp³-hybridized carbons (Fsp3) is 0.333. The largest absolute Gasteiger partial charge is 0.459 e. The second-order valence-electron chi connectivity index (χ2n) is 2.95. The first-order valence-electron chi connectivity index (χ1n) is 4.96. The third-order valence-corrected chi connectivity index (χ3v) is 1.80. The number of rotatable bonds is 3. The quantitative estimate of drug-likeness (QED) is 0.557. The van der Waals surface area contributed by atoms with E-state index in [1.165, 1.54) is 5.56 Å². The molecule has 0 aliphatic heterocycles. The molecule has 3 heteroatoms. The molecule has 0 fully saturated rings. The highest BCUT2D eigenvalue weighted by Gasteiger charge is 2.03. The minimum Gasteiger partial charge on any atom is -0.452 e. The zero-order valence-corrected chi connectivity index (χ0v) is 8.77. The summed E-state index contributed by atoms with van der Waals surface area (Å²) in [5, 5.41) is 0. The van der Waals surface area contributed by atoms with Crippen molar-refractivity contribution in [3.8, 4) is 6.07 Å². The lowest BCUT2D eigenvalue weighted by Crippen LogP contribution is -1.99. The normalized spacial score (nSPS) is 8.87. The second kappa shape index (κ2) is 6.61. The van der Waals surface area contributed by atoms with Crippen LogP contribution in [0.3, 0.4) is 0 Å². The standard InChI is InChI=1S/C12H14NO2/c1-2-15-12(14)10-13-9-8-11-6-4-3-5-7-11/h3-7H,2,8-9H2,1H3/q+1. The van der Waals surface area contributed by atoms with Gasteiger partial charge in [0.1, 0.15) is 0 Å². The van der Waals surface area contributed by atoms with Crippen LogP contribution in [0.1, 0.15) is 12.5 Å². The van der Waals surface area contributed by atoms with E-state index < -0.39 is 5.97 Å². The second-order valence-corrected chi connectivity index (χ2v) is 2.95. The average Bonchev–Trinajstić information content (AvgIpc) is 2.26. The van der Waals surface area contributed by atoms with Gasteiger partial charge in [0.25, 0.3) is 6.54 Å². The van der Waals surface area contributed by atoms with Crippen LogP contribution in [0.25, 0.3) is 4.85 Å². The van der Waals surface area contributed by atoms with Crippen molar-refractivity contribution < 1.29 is 9.53 Å². The van der Waals surface area contributed by atoms with Gasteiger partial charge in [0.15, 0.2) is 0 Å². The Morgan fingerprint density at radius 1 is 1.40 bits per heavy atom. The zero-order chi connectivity index (χ0) is 10.9. The highest BCUT2D eigenvalue weighted by atomic mass is 16.5. The van der Waals surface area contributed by atoms with Crippen molar-refractivity contribution >= 4 is 5.97 Å². The van der Waals surface area contributed by atoms with Crippen molar-refractivity contribution in [2.75, 3.05) is 13.2 Å². The maximum atomic E-state index is 10.8. The van der Waals surface area contributed by atoms with E-state index in [4.69, 9.17) is 0 Å². The molecule has 0 radical (unpaired) electrons. The predicted molar refractivity (Wildman–Crippen MR) is 58.9 cm³/mol. The summed E-state index contributed by atoms with van der Waals surface area (Å²) in [6, 6.07) is 12.3. The van der Waals surface area contributed by atoms with Crippen LogP contribution in [0.4, 0.5) is 0 Å². The number of hydrogen-bond donors (Lipinski definition) is 0. The molecule has 78 valence electrons. The Labute approximate surface area is 89.5 Å². The summed E-state index contributed by atoms with van der Waals surface area (Å²) in [4.78, 5) is 14.7. The van der Waals surface area contributed by atoms with Crippen LogP contribution in [-0.4, -0.2) is 19.1 Å². The van der Waals surface area contributed by atoms with E-state index in [9.17, 15) is 4.79 Å². The Bertz CT molecular complexity index is 362. The molecule has 0 heterocycles. The van der Waals surface area contributed by atoms with Gasteiger partial charge in [0.05, 0.1) is 6.61 Å². The van der Waals surface area contributed by atoms with Crippen LogP contribution in [0, 0.1) is 6.07 Å². The van der Waals surface area contributed by atoms with Gasteiger partial charge in [-0.05, 0) is 12.5 Å². The molecule has 0 amide bonds. The van der Waals surface area contributed by atoms with E-state index in [1.807, 2.05) is 30.3 Å². The van der Waals surface area contributed by atoms with Crippen LogP contribution in [0.15, 0.2) is 30.3 Å². The molecule has 0 N–H and O–H groups in total. The molecular weight excluding hydrogens is 190 g/mol. The fourth-order valence-electron chi connectivity index (χ4n) is 1.11. The lowest BCUT2D eigenvalue weighted by molar-refractivity contribution is -0.136. The van der Waals surface area contributed by atoms with Gasteiger partial charge in [-0.15, -0.1) is 0 Å². The topological polar surface area (TPSA) is 30.7 Å². The Hall–Kier alpha value is -1.82. The number of benzene rings is 1. The van der Waals surface area contributed by atoms with Crippen molar-refractivity contribution in [1.29, 1.82) is 0 Å². The maximum Gasteiger partial charge on any atom is 0.459 e. The molecule has 0 unspecified atom stereocenters. The number of carbonyl (C=O) groups excluding carboxylic acids is 1. The molecule has 1 aromatic rings. The molecule has 0 atom stereocenters. The average molecular weight is 204 g/mol. The SMILES string of the molecule is CCOC(=O)C#[N+]CCc1ccccc1. The van der Waals surface area contributed by atoms with Crippen LogP contribution in [0.2, 0.25) is 0 Å². The van der Waals surface area contributed by atoms with Crippen molar-refractivity contribution in [3.63, 3.8) is 0 Å². The van der Waals surface area contributed by atoms with Gasteiger partial charge in [-0.25, -0.2) is 4.79 Å². The Balaban J connectivity index is 2.30. The number of carbonyl (C=O) groups is 1. The van der Waals surface area contributed by atoms with Gasteiger partial charge in [0, 0.05) is 6.42 Å². The van der Waals surface area contributed by atoms with Crippen LogP contribution >= 0.6 is 0 Å². The van der Waals surface area contributed by atoms with E-state index in [2.05, 4.69) is 15.7 Å². The van der Waals surface area contributed by atoms with Gasteiger partial charge in [-0.1, -0.05) is 35.2 Å². The summed E-state index contributed by atoms with van der Waals surface area (Å²) in [6.07, 6.45) is 0.813. The molecule has 0 aromatic heterocycles. The number of nitrogens with zero attached hydrogens (tertiary/aromatic N) is 1. The predicted octanol–water partition coefficient (Wildman–Crippen LogP) is 2.13. The van der Waals surface area contributed by atoms with Crippen LogP contribution in [-0.2, 0) is 16.0 Å². The summed E-state index contributed by atoms with van der Waals surface area (Å²) in [7, 11) is 0. The van der Waals surface area contributed by atoms with Gasteiger partial charge in [0.2, 0.25) is 0 Å². The third kappa shape index (κ3) is 4.82. The van der Waals surface area contributed by atoms with Crippen molar-refractivity contribution in [3.05, 3.63) is 40.7 Å². The zero-order valence-electron chi connectivity index (χ0n) is 8.77. The van der Waals surface area contributed by atoms with E-state index in [1.54, 1.807) is 6.92 Å². The highest BCUT2D eigenvalue weighted by Crippen LogP contribution is 1.99. The summed E-state index contributed by atoms with van der Waals surface area (Å²) in [5.41, 5.74) is 1.20. The summed E-state index contributed by atoms with van der Waals surface area (Å²) in [6.45, 7) is 2.67. The van der Waals surface area contributed by atoms with E-state index in [0.717, 1.165) is 6.42 Å². The van der Waals surface area contributed by atoms with Crippen molar-refractivity contribution in [2.24, 2.45) is 0 Å². The van der Waals surface area contributed by atoms with Gasteiger partial charge in [-0.3, -0.25) is 0 Å². The first kappa shape index (κ1) is 11.3. The summed E-state index contributed by atoms with van der Waals surface area (Å²) < 4.78 is 4.65. The monoisotopic (exact) mass is 204 g/mol. The smallest absolute Gasteiger partial charge is 0.452 e. The van der Waals surface area contributed by atoms with Crippen molar-refractivity contribution in [1.82, 2.24) is 0 Å². The molecule has 15 heavy (non-hydrogen) atoms. The third-order valence-electron chi connectivity index (χ3n) is 1.80. The first-order valence-corrected chi connectivity index (χ1v) is 4.96. The molecule has 3 nitrogen and oxygen atoms in total. The minimum atomic E-state index is -0.495. The van der Waals surface area contributed by atoms with Crippen LogP contribution < -0.4 is 0 Å². The number of esters is 1. The molecule has 1 aromatic carbocycles. The van der Waals surface area contributed by atoms with E-state index in [0.29, 0.717) is 13.2 Å². The number of ether oxygens (including phenoxy) is 1. The lowest BCUT2D eigenvalue weighted by atomic mass is 10.2. The lowest BCUT2D eigenvalue weighted by Gasteiger charge is -1.90. The molecule has 0 aliphatic carbocycles. The summed E-state index contributed by atoms with van der Waals surface area (Å²) >= 11 is 0. The number of hydrogen-bond acceptors (Lipinski definition) is 2. The van der Waals surface area contributed by atoms with Crippen molar-refractivity contribution in [2.45, 2.75) is 13.3 Å². The summed E-state index contributed by atoms with van der Waals surface area (Å²) in [5.74, 6) is -0.495. The Morgan fingerprint density at radius 2 is 2.13 bits per heavy atom. The highest BCUT2D eigenvalue weighted by molar-refractivity contribution is 5.87. The van der Waals surface area contributed by atoms with E-state index >= 15 is 0 Å². The van der Waals surface area contributed by atoms with Gasteiger partial charge >= 0.3 is 12.0 Å². The fourth-order valence-corrected chi connectivity index (χ4v) is 1.11. The molecule has 0 saturated carbocycles. The Morgan fingerprint density at radius 3 is 2.80 bits per heavy atom. The Kier molecular flexibility index (Phi) is 4.96. The molecule has 1 rings (SSSR count). The maximum absolute atomic E-state index is 10.8. The molecule has 0 saturated heterocycles. The molecule has 0 spiro atoms.